The van der Waals surface area contributed by atoms with E-state index in [0.717, 1.165) is 5.56 Å². The maximum absolute atomic E-state index is 12.8. The molecular weight excluding hydrogens is 512 g/mol. The molecular formula is C28H21ClN2O5S. The molecule has 186 valence electrons. The third-order valence-electron chi connectivity index (χ3n) is 5.82. The van der Waals surface area contributed by atoms with Crippen LogP contribution in [0.1, 0.15) is 21.5 Å². The van der Waals surface area contributed by atoms with Crippen molar-refractivity contribution in [2.45, 2.75) is 11.4 Å². The number of ether oxygens (including phenoxy) is 2. The van der Waals surface area contributed by atoms with Crippen LogP contribution < -0.4 is 14.4 Å². The smallest absolute Gasteiger partial charge is 0.345 e. The number of fused-ring (bicyclic) bond motifs is 1. The van der Waals surface area contributed by atoms with Gasteiger partial charge in [0.1, 0.15) is 16.4 Å². The quantitative estimate of drug-likeness (QED) is 0.233. The van der Waals surface area contributed by atoms with Gasteiger partial charge in [-0.05, 0) is 66.2 Å². The fourth-order valence-electron chi connectivity index (χ4n) is 3.97. The fraction of sp³-hybridized carbons (Fsp3) is 0.0714. The summed E-state index contributed by atoms with van der Waals surface area (Å²) < 4.78 is 40.4. The maximum atomic E-state index is 12.8. The van der Waals surface area contributed by atoms with Crippen molar-refractivity contribution in [1.82, 2.24) is 0 Å². The van der Waals surface area contributed by atoms with Gasteiger partial charge in [0.2, 0.25) is 0 Å². The molecule has 0 radical (unpaired) electrons. The first-order valence-corrected chi connectivity index (χ1v) is 13.1. The SMILES string of the molecule is COc1ccc(CN(C2=NS(=O)(=O)c3ccccc32)c2ccc(OC(=O)c3ccccc3Cl)cc2)cc1. The lowest BCUT2D eigenvalue weighted by atomic mass is 10.1. The molecule has 37 heavy (non-hydrogen) atoms. The Bertz CT molecular complexity index is 1600. The summed E-state index contributed by atoms with van der Waals surface area (Å²) in [6.07, 6.45) is 0. The van der Waals surface area contributed by atoms with Crippen molar-refractivity contribution < 1.29 is 22.7 Å². The molecule has 0 aromatic heterocycles. The number of carbonyl (C=O) groups is 1. The number of hydrogen-bond donors (Lipinski definition) is 0. The van der Waals surface area contributed by atoms with Crippen LogP contribution in [0.5, 0.6) is 11.5 Å². The molecule has 4 aromatic carbocycles. The van der Waals surface area contributed by atoms with Gasteiger partial charge in [0.25, 0.3) is 10.0 Å². The van der Waals surface area contributed by atoms with Crippen LogP contribution in [0, 0.1) is 0 Å². The van der Waals surface area contributed by atoms with Gasteiger partial charge in [-0.3, -0.25) is 0 Å². The predicted octanol–water partition coefficient (Wildman–Crippen LogP) is 5.72. The van der Waals surface area contributed by atoms with E-state index in [1.165, 1.54) is 0 Å². The number of halogens is 1. The van der Waals surface area contributed by atoms with Crippen LogP contribution in [-0.4, -0.2) is 27.3 Å². The van der Waals surface area contributed by atoms with Crippen LogP contribution in [0.4, 0.5) is 5.69 Å². The minimum atomic E-state index is -3.83. The highest BCUT2D eigenvalue weighted by molar-refractivity contribution is 7.90. The molecule has 7 nitrogen and oxygen atoms in total. The standard InChI is InChI=1S/C28H21ClN2O5S/c1-35-21-14-10-19(11-15-21)18-31(27-24-7-3-5-9-26(24)37(33,34)30-27)20-12-16-22(17-13-20)36-28(32)23-6-2-4-8-25(23)29/h2-17H,18H2,1H3. The minimum Gasteiger partial charge on any atom is -0.497 e. The molecule has 0 bridgehead atoms. The van der Waals surface area contributed by atoms with Crippen molar-refractivity contribution >= 4 is 39.1 Å². The Labute approximate surface area is 219 Å². The second kappa shape index (κ2) is 10.1. The third kappa shape index (κ3) is 5.07. The van der Waals surface area contributed by atoms with Crippen LogP contribution in [0.2, 0.25) is 5.02 Å². The van der Waals surface area contributed by atoms with Gasteiger partial charge >= 0.3 is 5.97 Å². The molecule has 0 fully saturated rings. The Balaban J connectivity index is 1.48. The predicted molar refractivity (Wildman–Crippen MR) is 142 cm³/mol. The van der Waals surface area contributed by atoms with Gasteiger partial charge < -0.3 is 14.4 Å². The first kappa shape index (κ1) is 24.5. The molecule has 0 atom stereocenters. The van der Waals surface area contributed by atoms with Gasteiger partial charge in [-0.1, -0.05) is 48.0 Å². The van der Waals surface area contributed by atoms with Gasteiger partial charge in [-0.25, -0.2) is 4.79 Å². The van der Waals surface area contributed by atoms with E-state index in [9.17, 15) is 13.2 Å². The zero-order chi connectivity index (χ0) is 26.0. The van der Waals surface area contributed by atoms with Gasteiger partial charge in [-0.15, -0.1) is 4.40 Å². The maximum Gasteiger partial charge on any atom is 0.345 e. The summed E-state index contributed by atoms with van der Waals surface area (Å²) in [6.45, 7) is 0.339. The Morgan fingerprint density at radius 2 is 1.51 bits per heavy atom. The molecule has 1 aliphatic heterocycles. The molecule has 0 unspecified atom stereocenters. The summed E-state index contributed by atoms with van der Waals surface area (Å²) in [6, 6.07) is 27.6. The van der Waals surface area contributed by atoms with E-state index in [1.54, 1.807) is 79.9 Å². The Morgan fingerprint density at radius 3 is 2.22 bits per heavy atom. The molecule has 5 rings (SSSR count). The number of benzene rings is 4. The molecule has 0 saturated carbocycles. The summed E-state index contributed by atoms with van der Waals surface area (Å²) >= 11 is 6.11. The normalized spacial score (nSPS) is 13.4. The second-order valence-electron chi connectivity index (χ2n) is 8.18. The highest BCUT2D eigenvalue weighted by Crippen LogP contribution is 2.32. The van der Waals surface area contributed by atoms with Gasteiger partial charge in [-0.2, -0.15) is 8.42 Å². The van der Waals surface area contributed by atoms with Crippen molar-refractivity contribution in [3.8, 4) is 11.5 Å². The van der Waals surface area contributed by atoms with Crippen molar-refractivity contribution in [3.05, 3.63) is 119 Å². The summed E-state index contributed by atoms with van der Waals surface area (Å²) in [5, 5.41) is 0.300. The zero-order valence-electron chi connectivity index (χ0n) is 19.7. The highest BCUT2D eigenvalue weighted by Gasteiger charge is 2.32. The van der Waals surface area contributed by atoms with Crippen LogP contribution >= 0.6 is 11.6 Å². The number of esters is 1. The van der Waals surface area contributed by atoms with Crippen molar-refractivity contribution in [1.29, 1.82) is 0 Å². The number of anilines is 1. The van der Waals surface area contributed by atoms with Crippen LogP contribution in [-0.2, 0) is 16.6 Å². The molecule has 9 heteroatoms. The van der Waals surface area contributed by atoms with E-state index < -0.39 is 16.0 Å². The summed E-state index contributed by atoms with van der Waals surface area (Å²) in [5.74, 6) is 0.770. The lowest BCUT2D eigenvalue weighted by molar-refractivity contribution is 0.0735. The summed E-state index contributed by atoms with van der Waals surface area (Å²) in [4.78, 5) is 14.5. The van der Waals surface area contributed by atoms with E-state index in [0.29, 0.717) is 40.2 Å². The first-order valence-electron chi connectivity index (χ1n) is 11.3. The molecule has 0 aliphatic carbocycles. The molecule has 0 amide bonds. The topological polar surface area (TPSA) is 85.3 Å². The largest absolute Gasteiger partial charge is 0.497 e. The molecule has 0 N–H and O–H groups in total. The van der Waals surface area contributed by atoms with Gasteiger partial charge in [0.05, 0.1) is 17.7 Å². The van der Waals surface area contributed by atoms with Gasteiger partial charge in [0, 0.05) is 17.8 Å². The number of methoxy groups -OCH3 is 1. The van der Waals surface area contributed by atoms with Crippen LogP contribution in [0.15, 0.2) is 106 Å². The lowest BCUT2D eigenvalue weighted by Crippen LogP contribution is -2.30. The van der Waals surface area contributed by atoms with Gasteiger partial charge in [0.15, 0.2) is 5.84 Å². The van der Waals surface area contributed by atoms with E-state index in [2.05, 4.69) is 4.40 Å². The number of sulfonamides is 1. The summed E-state index contributed by atoms with van der Waals surface area (Å²) in [5.41, 5.74) is 2.36. The number of carbonyl (C=O) groups excluding carboxylic acids is 1. The fourth-order valence-corrected chi connectivity index (χ4v) is 5.39. The average molecular weight is 533 g/mol. The molecule has 1 heterocycles. The van der Waals surface area contributed by atoms with E-state index in [-0.39, 0.29) is 10.5 Å². The number of rotatable bonds is 6. The minimum absolute atomic E-state index is 0.162. The van der Waals surface area contributed by atoms with Crippen molar-refractivity contribution in [3.63, 3.8) is 0 Å². The second-order valence-corrected chi connectivity index (χ2v) is 10.2. The lowest BCUT2D eigenvalue weighted by Gasteiger charge is -2.25. The molecule has 4 aromatic rings. The van der Waals surface area contributed by atoms with E-state index in [4.69, 9.17) is 21.1 Å². The average Bonchev–Trinajstić information content (AvgIpc) is 3.19. The Kier molecular flexibility index (Phi) is 6.69. The molecule has 1 aliphatic rings. The van der Waals surface area contributed by atoms with Crippen LogP contribution in [0.3, 0.4) is 0 Å². The Morgan fingerprint density at radius 1 is 0.865 bits per heavy atom. The Hall–Kier alpha value is -4.14. The highest BCUT2D eigenvalue weighted by atomic mass is 35.5. The number of hydrogen-bond acceptors (Lipinski definition) is 6. The number of nitrogens with zero attached hydrogens (tertiary/aromatic N) is 2. The van der Waals surface area contributed by atoms with Crippen molar-refractivity contribution in [2.75, 3.05) is 12.0 Å². The third-order valence-corrected chi connectivity index (χ3v) is 7.48. The summed E-state index contributed by atoms with van der Waals surface area (Å²) in [7, 11) is -2.23. The van der Waals surface area contributed by atoms with E-state index in [1.807, 2.05) is 29.2 Å². The van der Waals surface area contributed by atoms with E-state index >= 15 is 0 Å². The zero-order valence-corrected chi connectivity index (χ0v) is 21.2. The first-order chi connectivity index (χ1) is 17.9. The molecule has 0 spiro atoms. The molecule has 0 saturated heterocycles. The van der Waals surface area contributed by atoms with Crippen LogP contribution in [0.25, 0.3) is 0 Å². The monoisotopic (exact) mass is 532 g/mol. The number of amidine groups is 1. The van der Waals surface area contributed by atoms with Crippen molar-refractivity contribution in [2.24, 2.45) is 4.40 Å².